The molecule has 2 atom stereocenters. The maximum Gasteiger partial charge on any atom is 0.0800 e. The fourth-order valence-corrected chi connectivity index (χ4v) is 2.41. The third-order valence-corrected chi connectivity index (χ3v) is 3.71. The van der Waals surface area contributed by atoms with E-state index in [4.69, 9.17) is 0 Å². The summed E-state index contributed by atoms with van der Waals surface area (Å²) in [6.45, 7) is 13.9. The van der Waals surface area contributed by atoms with Gasteiger partial charge in [0.25, 0.3) is 0 Å². The van der Waals surface area contributed by atoms with Gasteiger partial charge in [0.1, 0.15) is 0 Å². The van der Waals surface area contributed by atoms with Crippen LogP contribution in [0.2, 0.25) is 0 Å². The predicted octanol–water partition coefficient (Wildman–Crippen LogP) is 4.01. The maximum atomic E-state index is 9.93. The summed E-state index contributed by atoms with van der Waals surface area (Å²) in [6, 6.07) is 0. The first-order chi connectivity index (χ1) is 7.37. The van der Waals surface area contributed by atoms with E-state index in [1.165, 1.54) is 29.6 Å². The lowest BCUT2D eigenvalue weighted by Gasteiger charge is -2.22. The highest BCUT2D eigenvalue weighted by Crippen LogP contribution is 2.39. The van der Waals surface area contributed by atoms with Gasteiger partial charge < -0.3 is 5.11 Å². The molecule has 0 bridgehead atoms. The van der Waals surface area contributed by atoms with Crippen LogP contribution in [0.25, 0.3) is 0 Å². The van der Waals surface area contributed by atoms with Crippen LogP contribution in [-0.4, -0.2) is 10.7 Å². The van der Waals surface area contributed by atoms with Gasteiger partial charge in [0.15, 0.2) is 0 Å². The van der Waals surface area contributed by atoms with Crippen LogP contribution in [0.1, 0.15) is 46.5 Å². The van der Waals surface area contributed by atoms with Crippen molar-refractivity contribution in [3.05, 3.63) is 36.0 Å². The average molecular weight is 220 g/mol. The molecule has 0 saturated carbocycles. The van der Waals surface area contributed by atoms with Gasteiger partial charge >= 0.3 is 0 Å². The highest BCUT2D eigenvalue weighted by atomic mass is 16.3. The minimum absolute atomic E-state index is 0.542. The minimum Gasteiger partial charge on any atom is -0.386 e. The first-order valence-corrected chi connectivity index (χ1v) is 6.07. The summed E-state index contributed by atoms with van der Waals surface area (Å²) in [5.74, 6) is 0.542. The SMILES string of the molecule is C=CC(C)(O)CCC1=C(C)CC[C@H]1C(=C)C. The van der Waals surface area contributed by atoms with E-state index in [2.05, 4.69) is 27.0 Å². The Morgan fingerprint density at radius 2 is 2.25 bits per heavy atom. The lowest BCUT2D eigenvalue weighted by atomic mass is 9.88. The summed E-state index contributed by atoms with van der Waals surface area (Å²) in [4.78, 5) is 0. The smallest absolute Gasteiger partial charge is 0.0800 e. The van der Waals surface area contributed by atoms with E-state index in [9.17, 15) is 5.11 Å². The Kier molecular flexibility index (Phi) is 4.15. The monoisotopic (exact) mass is 220 g/mol. The molecule has 1 rings (SSSR count). The van der Waals surface area contributed by atoms with Crippen molar-refractivity contribution in [3.63, 3.8) is 0 Å². The van der Waals surface area contributed by atoms with E-state index in [-0.39, 0.29) is 0 Å². The first-order valence-electron chi connectivity index (χ1n) is 6.07. The molecule has 1 unspecified atom stereocenters. The molecule has 1 nitrogen and oxygen atoms in total. The molecule has 0 aromatic rings. The Labute approximate surface area is 99.6 Å². The van der Waals surface area contributed by atoms with Gasteiger partial charge in [0.2, 0.25) is 0 Å². The van der Waals surface area contributed by atoms with E-state index in [0.29, 0.717) is 5.92 Å². The molecule has 1 aliphatic carbocycles. The second kappa shape index (κ2) is 5.01. The zero-order valence-electron chi connectivity index (χ0n) is 10.8. The van der Waals surface area contributed by atoms with Gasteiger partial charge in [-0.3, -0.25) is 0 Å². The van der Waals surface area contributed by atoms with Crippen molar-refractivity contribution in [3.8, 4) is 0 Å². The van der Waals surface area contributed by atoms with Gasteiger partial charge in [-0.25, -0.2) is 0 Å². The van der Waals surface area contributed by atoms with Crippen LogP contribution in [0.3, 0.4) is 0 Å². The molecular formula is C15H24O. The second-order valence-electron chi connectivity index (χ2n) is 5.30. The Morgan fingerprint density at radius 3 is 2.75 bits per heavy atom. The van der Waals surface area contributed by atoms with E-state index >= 15 is 0 Å². The van der Waals surface area contributed by atoms with Gasteiger partial charge in [0, 0.05) is 5.92 Å². The van der Waals surface area contributed by atoms with Gasteiger partial charge in [-0.1, -0.05) is 29.4 Å². The molecular weight excluding hydrogens is 196 g/mol. The third kappa shape index (κ3) is 3.08. The van der Waals surface area contributed by atoms with Gasteiger partial charge in [-0.15, -0.1) is 6.58 Å². The molecule has 0 aromatic carbocycles. The third-order valence-electron chi connectivity index (χ3n) is 3.71. The highest BCUT2D eigenvalue weighted by Gasteiger charge is 2.25. The van der Waals surface area contributed by atoms with Crippen LogP contribution >= 0.6 is 0 Å². The van der Waals surface area contributed by atoms with Crippen LogP contribution in [-0.2, 0) is 0 Å². The summed E-state index contributed by atoms with van der Waals surface area (Å²) in [6.07, 6.45) is 5.73. The summed E-state index contributed by atoms with van der Waals surface area (Å²) < 4.78 is 0. The van der Waals surface area contributed by atoms with Gasteiger partial charge in [0.05, 0.1) is 5.60 Å². The molecule has 0 saturated heterocycles. The van der Waals surface area contributed by atoms with Gasteiger partial charge in [-0.05, 0) is 46.5 Å². The van der Waals surface area contributed by atoms with Crippen molar-refractivity contribution in [1.29, 1.82) is 0 Å². The molecule has 0 aliphatic heterocycles. The quantitative estimate of drug-likeness (QED) is 0.694. The molecule has 1 heteroatoms. The lowest BCUT2D eigenvalue weighted by molar-refractivity contribution is 0.102. The van der Waals surface area contributed by atoms with E-state index in [1.54, 1.807) is 6.08 Å². The molecule has 16 heavy (non-hydrogen) atoms. The predicted molar refractivity (Wildman–Crippen MR) is 70.3 cm³/mol. The van der Waals surface area contributed by atoms with Crippen molar-refractivity contribution in [2.24, 2.45) is 5.92 Å². The molecule has 1 aliphatic rings. The van der Waals surface area contributed by atoms with Crippen LogP contribution in [0.4, 0.5) is 0 Å². The topological polar surface area (TPSA) is 20.2 Å². The Bertz CT molecular complexity index is 320. The summed E-state index contributed by atoms with van der Waals surface area (Å²) in [5, 5.41) is 9.93. The maximum absolute atomic E-state index is 9.93. The number of hydrogen-bond acceptors (Lipinski definition) is 1. The number of allylic oxidation sites excluding steroid dienone is 3. The fourth-order valence-electron chi connectivity index (χ4n) is 2.41. The highest BCUT2D eigenvalue weighted by molar-refractivity contribution is 5.28. The van der Waals surface area contributed by atoms with Crippen molar-refractivity contribution in [1.82, 2.24) is 0 Å². The number of aliphatic hydroxyl groups is 1. The van der Waals surface area contributed by atoms with E-state index in [1.807, 2.05) is 6.92 Å². The fraction of sp³-hybridized carbons (Fsp3) is 0.600. The van der Waals surface area contributed by atoms with E-state index in [0.717, 1.165) is 12.8 Å². The van der Waals surface area contributed by atoms with Crippen molar-refractivity contribution in [2.75, 3.05) is 0 Å². The van der Waals surface area contributed by atoms with Crippen LogP contribution < -0.4 is 0 Å². The Balaban J connectivity index is 2.68. The van der Waals surface area contributed by atoms with Crippen LogP contribution in [0.5, 0.6) is 0 Å². The molecule has 0 fully saturated rings. The molecule has 0 radical (unpaired) electrons. The summed E-state index contributed by atoms with van der Waals surface area (Å²) in [5.41, 5.74) is 3.50. The number of rotatable bonds is 5. The minimum atomic E-state index is -0.741. The van der Waals surface area contributed by atoms with Gasteiger partial charge in [-0.2, -0.15) is 0 Å². The molecule has 0 amide bonds. The molecule has 0 spiro atoms. The summed E-state index contributed by atoms with van der Waals surface area (Å²) in [7, 11) is 0. The lowest BCUT2D eigenvalue weighted by Crippen LogP contribution is -2.20. The van der Waals surface area contributed by atoms with Crippen LogP contribution in [0.15, 0.2) is 36.0 Å². The van der Waals surface area contributed by atoms with Crippen molar-refractivity contribution in [2.45, 2.75) is 52.1 Å². The van der Waals surface area contributed by atoms with Crippen LogP contribution in [0, 0.1) is 5.92 Å². The largest absolute Gasteiger partial charge is 0.386 e. The average Bonchev–Trinajstić information content (AvgIpc) is 2.57. The Morgan fingerprint density at radius 1 is 1.62 bits per heavy atom. The normalized spacial score (nSPS) is 24.4. The first kappa shape index (κ1) is 13.2. The standard InChI is InChI=1S/C15H24O/c1-6-15(5,16)10-9-14-12(4)7-8-13(14)11(2)3/h6,13,16H,1-2,7-10H2,3-5H3/t13-,15?/m0/s1. The molecule has 0 heterocycles. The molecule has 90 valence electrons. The zero-order valence-corrected chi connectivity index (χ0v) is 10.8. The number of hydrogen-bond donors (Lipinski definition) is 1. The summed E-state index contributed by atoms with van der Waals surface area (Å²) >= 11 is 0. The molecule has 1 N–H and O–H groups in total. The molecule has 0 aromatic heterocycles. The van der Waals surface area contributed by atoms with E-state index < -0.39 is 5.60 Å². The zero-order chi connectivity index (χ0) is 12.3. The van der Waals surface area contributed by atoms with Crippen molar-refractivity contribution >= 4 is 0 Å². The second-order valence-corrected chi connectivity index (χ2v) is 5.30. The van der Waals surface area contributed by atoms with Crippen molar-refractivity contribution < 1.29 is 5.11 Å². The Hall–Kier alpha value is -0.820.